The first-order valence-corrected chi connectivity index (χ1v) is 8.87. The first-order chi connectivity index (χ1) is 12.0. The largest absolute Gasteiger partial charge is 0.350 e. The van der Waals surface area contributed by atoms with E-state index in [4.69, 9.17) is 11.6 Å². The summed E-state index contributed by atoms with van der Waals surface area (Å²) in [7, 11) is 1.66. The van der Waals surface area contributed by atoms with Crippen molar-refractivity contribution < 1.29 is 4.79 Å². The van der Waals surface area contributed by atoms with E-state index in [1.807, 2.05) is 24.3 Å². The van der Waals surface area contributed by atoms with Gasteiger partial charge in [-0.25, -0.2) is 0 Å². The van der Waals surface area contributed by atoms with Crippen molar-refractivity contribution in [3.8, 4) is 0 Å². The molecule has 0 radical (unpaired) electrons. The molecule has 2 aromatic rings. The molecule has 25 heavy (non-hydrogen) atoms. The van der Waals surface area contributed by atoms with Crippen molar-refractivity contribution in [2.75, 3.05) is 19.6 Å². The first-order valence-electron chi connectivity index (χ1n) is 8.49. The van der Waals surface area contributed by atoms with Crippen LogP contribution in [0, 0.1) is 0 Å². The van der Waals surface area contributed by atoms with Gasteiger partial charge < -0.3 is 9.88 Å². The van der Waals surface area contributed by atoms with E-state index in [-0.39, 0.29) is 17.5 Å². The molecule has 1 amide bonds. The Morgan fingerprint density at radius 2 is 2.00 bits per heavy atom. The number of carbonyl (C=O) groups excluding carboxylic acids is 1. The lowest BCUT2D eigenvalue weighted by molar-refractivity contribution is 0.0937. The van der Waals surface area contributed by atoms with Gasteiger partial charge in [0.25, 0.3) is 11.5 Å². The Morgan fingerprint density at radius 3 is 2.68 bits per heavy atom. The molecule has 1 N–H and O–H groups in total. The summed E-state index contributed by atoms with van der Waals surface area (Å²) < 4.78 is 1.44. The lowest BCUT2D eigenvalue weighted by atomic mass is 10.1. The number of halogens is 1. The van der Waals surface area contributed by atoms with Crippen molar-refractivity contribution in [1.82, 2.24) is 14.8 Å². The summed E-state index contributed by atoms with van der Waals surface area (Å²) >= 11 is 6.14. The van der Waals surface area contributed by atoms with Crippen LogP contribution < -0.4 is 10.9 Å². The molecule has 1 fully saturated rings. The minimum atomic E-state index is -0.232. The molecule has 1 saturated heterocycles. The predicted molar refractivity (Wildman–Crippen MR) is 99.0 cm³/mol. The molecule has 1 aromatic carbocycles. The fraction of sp³-hybridized carbons (Fsp3) is 0.368. The van der Waals surface area contributed by atoms with Crippen molar-refractivity contribution in [3.05, 3.63) is 69.1 Å². The van der Waals surface area contributed by atoms with Gasteiger partial charge in [-0.15, -0.1) is 0 Å². The van der Waals surface area contributed by atoms with Gasteiger partial charge in [-0.2, -0.15) is 0 Å². The average Bonchev–Trinajstić information content (AvgIpc) is 3.12. The normalized spacial score (nSPS) is 15.9. The quantitative estimate of drug-likeness (QED) is 0.892. The van der Waals surface area contributed by atoms with E-state index in [2.05, 4.69) is 10.2 Å². The molecule has 0 saturated carbocycles. The molecule has 0 spiro atoms. The Morgan fingerprint density at radius 1 is 1.24 bits per heavy atom. The number of nitrogens with zero attached hydrogens (tertiary/aromatic N) is 2. The fourth-order valence-corrected chi connectivity index (χ4v) is 3.40. The van der Waals surface area contributed by atoms with Gasteiger partial charge in [0, 0.05) is 36.4 Å². The zero-order valence-corrected chi connectivity index (χ0v) is 15.0. The van der Waals surface area contributed by atoms with Gasteiger partial charge >= 0.3 is 0 Å². The standard InChI is InChI=1S/C19H22ClN3O2/c1-22-10-7-15(12-18(22)24)19(25)21-13-17(23-8-2-3-9-23)14-5-4-6-16(20)11-14/h4-7,10-12,17H,2-3,8-9,13H2,1H3,(H,21,25)/t17-/m0/s1. The molecule has 5 nitrogen and oxygen atoms in total. The van der Waals surface area contributed by atoms with Gasteiger partial charge in [0.15, 0.2) is 0 Å². The summed E-state index contributed by atoms with van der Waals surface area (Å²) in [6.07, 6.45) is 3.94. The zero-order chi connectivity index (χ0) is 17.8. The van der Waals surface area contributed by atoms with Gasteiger partial charge in [0.05, 0.1) is 6.04 Å². The van der Waals surface area contributed by atoms with E-state index in [9.17, 15) is 9.59 Å². The molecule has 0 unspecified atom stereocenters. The summed E-state index contributed by atoms with van der Waals surface area (Å²) in [5.41, 5.74) is 1.28. The number of nitrogens with one attached hydrogen (secondary N) is 1. The van der Waals surface area contributed by atoms with Crippen LogP contribution in [0.4, 0.5) is 0 Å². The van der Waals surface area contributed by atoms with E-state index in [1.54, 1.807) is 19.3 Å². The van der Waals surface area contributed by atoms with Crippen LogP contribution >= 0.6 is 11.6 Å². The number of aromatic nitrogens is 1. The number of carbonyl (C=O) groups is 1. The smallest absolute Gasteiger partial charge is 0.251 e. The van der Waals surface area contributed by atoms with Crippen molar-refractivity contribution in [3.63, 3.8) is 0 Å². The third-order valence-corrected chi connectivity index (χ3v) is 4.87. The van der Waals surface area contributed by atoms with Crippen LogP contribution in [0.1, 0.15) is 34.8 Å². The van der Waals surface area contributed by atoms with E-state index < -0.39 is 0 Å². The van der Waals surface area contributed by atoms with E-state index in [0.29, 0.717) is 17.1 Å². The maximum Gasteiger partial charge on any atom is 0.251 e. The Kier molecular flexibility index (Phi) is 5.56. The van der Waals surface area contributed by atoms with Gasteiger partial charge in [-0.1, -0.05) is 23.7 Å². The number of pyridine rings is 1. The molecule has 132 valence electrons. The fourth-order valence-electron chi connectivity index (χ4n) is 3.21. The Balaban J connectivity index is 1.75. The molecular formula is C19H22ClN3O2. The highest BCUT2D eigenvalue weighted by Gasteiger charge is 2.24. The molecule has 1 aliphatic heterocycles. The number of likely N-dealkylation sites (tertiary alicyclic amines) is 1. The summed E-state index contributed by atoms with van der Waals surface area (Å²) in [5.74, 6) is -0.232. The SMILES string of the molecule is Cn1ccc(C(=O)NC[C@@H](c2cccc(Cl)c2)N2CCCC2)cc1=O. The summed E-state index contributed by atoms with van der Waals surface area (Å²) in [4.78, 5) is 26.5. The van der Waals surface area contributed by atoms with Crippen molar-refractivity contribution in [2.24, 2.45) is 7.05 Å². The first kappa shape index (κ1) is 17.7. The molecule has 0 aliphatic carbocycles. The second-order valence-corrected chi connectivity index (χ2v) is 6.82. The minimum absolute atomic E-state index is 0.0803. The third kappa shape index (κ3) is 4.30. The van der Waals surface area contributed by atoms with Crippen LogP contribution in [0.25, 0.3) is 0 Å². The maximum atomic E-state index is 12.4. The highest BCUT2D eigenvalue weighted by Crippen LogP contribution is 2.26. The molecule has 3 rings (SSSR count). The Bertz CT molecular complexity index is 812. The second kappa shape index (κ2) is 7.85. The molecule has 1 aliphatic rings. The highest BCUT2D eigenvalue weighted by atomic mass is 35.5. The number of hydrogen-bond acceptors (Lipinski definition) is 3. The second-order valence-electron chi connectivity index (χ2n) is 6.39. The summed E-state index contributed by atoms with van der Waals surface area (Å²) in [6, 6.07) is 10.9. The van der Waals surface area contributed by atoms with Gasteiger partial charge in [0.1, 0.15) is 0 Å². The number of rotatable bonds is 5. The molecule has 1 atom stereocenters. The number of amides is 1. The van der Waals surface area contributed by atoms with Crippen LogP contribution in [-0.2, 0) is 7.05 Å². The zero-order valence-electron chi connectivity index (χ0n) is 14.2. The monoisotopic (exact) mass is 359 g/mol. The van der Waals surface area contributed by atoms with Gasteiger partial charge in [-0.05, 0) is 49.7 Å². The van der Waals surface area contributed by atoms with Gasteiger partial charge in [-0.3, -0.25) is 14.5 Å². The Labute approximate surface area is 152 Å². The molecule has 1 aromatic heterocycles. The van der Waals surface area contributed by atoms with Crippen LogP contribution in [-0.4, -0.2) is 35.0 Å². The minimum Gasteiger partial charge on any atom is -0.350 e. The van der Waals surface area contributed by atoms with Crippen LogP contribution in [0.15, 0.2) is 47.4 Å². The average molecular weight is 360 g/mol. The molecule has 6 heteroatoms. The van der Waals surface area contributed by atoms with Crippen LogP contribution in [0.3, 0.4) is 0 Å². The van der Waals surface area contributed by atoms with Crippen LogP contribution in [0.2, 0.25) is 5.02 Å². The van der Waals surface area contributed by atoms with Crippen molar-refractivity contribution >= 4 is 17.5 Å². The lowest BCUT2D eigenvalue weighted by Crippen LogP contribution is -2.37. The molecular weight excluding hydrogens is 338 g/mol. The topological polar surface area (TPSA) is 54.3 Å². The van der Waals surface area contributed by atoms with E-state index in [1.165, 1.54) is 23.5 Å². The highest BCUT2D eigenvalue weighted by molar-refractivity contribution is 6.30. The van der Waals surface area contributed by atoms with Crippen molar-refractivity contribution in [1.29, 1.82) is 0 Å². The molecule has 2 heterocycles. The maximum absolute atomic E-state index is 12.4. The molecule has 0 bridgehead atoms. The van der Waals surface area contributed by atoms with Crippen LogP contribution in [0.5, 0.6) is 0 Å². The Hall–Kier alpha value is -2.11. The van der Waals surface area contributed by atoms with E-state index in [0.717, 1.165) is 18.7 Å². The third-order valence-electron chi connectivity index (χ3n) is 4.64. The number of hydrogen-bond donors (Lipinski definition) is 1. The lowest BCUT2D eigenvalue weighted by Gasteiger charge is -2.28. The number of benzene rings is 1. The summed E-state index contributed by atoms with van der Waals surface area (Å²) in [5, 5.41) is 3.66. The van der Waals surface area contributed by atoms with Gasteiger partial charge in [0.2, 0.25) is 0 Å². The van der Waals surface area contributed by atoms with E-state index >= 15 is 0 Å². The number of aryl methyl sites for hydroxylation is 1. The summed E-state index contributed by atoms with van der Waals surface area (Å²) in [6.45, 7) is 2.51. The van der Waals surface area contributed by atoms with Crippen molar-refractivity contribution in [2.45, 2.75) is 18.9 Å². The predicted octanol–water partition coefficient (Wildman–Crippen LogP) is 2.61.